The number of amides is 1. The van der Waals surface area contributed by atoms with E-state index in [1.165, 1.54) is 5.57 Å². The average molecular weight is 464 g/mol. The van der Waals surface area contributed by atoms with Crippen LogP contribution in [0.1, 0.15) is 12.0 Å². The maximum absolute atomic E-state index is 12.4. The van der Waals surface area contributed by atoms with Crippen molar-refractivity contribution in [2.75, 3.05) is 50.7 Å². The number of aromatic nitrogens is 4. The van der Waals surface area contributed by atoms with Crippen LogP contribution in [0.4, 0.5) is 17.3 Å². The Morgan fingerprint density at radius 3 is 3.03 bits per heavy atom. The maximum Gasteiger partial charge on any atom is 0.248 e. The molecule has 0 fully saturated rings. The van der Waals surface area contributed by atoms with Gasteiger partial charge >= 0.3 is 0 Å². The molecule has 178 valence electrons. The van der Waals surface area contributed by atoms with Gasteiger partial charge in [-0.1, -0.05) is 6.08 Å². The summed E-state index contributed by atoms with van der Waals surface area (Å²) in [5, 5.41) is 12.4. The number of carbonyl (C=O) groups excluding carboxylic acids is 1. The Balaban J connectivity index is 1.22. The van der Waals surface area contributed by atoms with Crippen LogP contribution in [0, 0.1) is 0 Å². The van der Waals surface area contributed by atoms with Gasteiger partial charge < -0.3 is 25.0 Å². The number of hydrogen-bond donors (Lipinski definition) is 2. The van der Waals surface area contributed by atoms with Gasteiger partial charge in [0.25, 0.3) is 0 Å². The van der Waals surface area contributed by atoms with Crippen LogP contribution in [0.15, 0.2) is 42.4 Å². The van der Waals surface area contributed by atoms with E-state index >= 15 is 0 Å². The van der Waals surface area contributed by atoms with E-state index in [0.29, 0.717) is 26.3 Å². The van der Waals surface area contributed by atoms with E-state index < -0.39 is 0 Å². The van der Waals surface area contributed by atoms with Crippen LogP contribution in [-0.2, 0) is 27.7 Å². The van der Waals surface area contributed by atoms with E-state index in [0.717, 1.165) is 46.6 Å². The number of aryl methyl sites for hydroxylation is 1. The summed E-state index contributed by atoms with van der Waals surface area (Å²) in [7, 11) is 3.55. The Hall–Kier alpha value is -3.50. The summed E-state index contributed by atoms with van der Waals surface area (Å²) in [6, 6.07) is 6.32. The van der Waals surface area contributed by atoms with Crippen molar-refractivity contribution in [2.24, 2.45) is 7.05 Å². The van der Waals surface area contributed by atoms with Gasteiger partial charge in [0, 0.05) is 50.3 Å². The third kappa shape index (κ3) is 4.59. The molecule has 10 heteroatoms. The van der Waals surface area contributed by atoms with Crippen LogP contribution in [0.3, 0.4) is 0 Å². The topological polar surface area (TPSA) is 106 Å². The van der Waals surface area contributed by atoms with Gasteiger partial charge in [0.1, 0.15) is 24.6 Å². The maximum atomic E-state index is 12.4. The zero-order valence-corrected chi connectivity index (χ0v) is 19.5. The summed E-state index contributed by atoms with van der Waals surface area (Å²) in [6.45, 7) is 2.29. The van der Waals surface area contributed by atoms with Gasteiger partial charge in [-0.05, 0) is 30.2 Å². The van der Waals surface area contributed by atoms with Gasteiger partial charge in [0.15, 0.2) is 0 Å². The number of nitrogens with one attached hydrogen (secondary N) is 2. The summed E-state index contributed by atoms with van der Waals surface area (Å²) in [4.78, 5) is 23.2. The second kappa shape index (κ2) is 9.78. The first kappa shape index (κ1) is 22.3. The summed E-state index contributed by atoms with van der Waals surface area (Å²) < 4.78 is 12.2. The van der Waals surface area contributed by atoms with Gasteiger partial charge in [0.2, 0.25) is 5.91 Å². The number of fused-ring (bicyclic) bond motifs is 2. The Bertz CT molecular complexity index is 1220. The summed E-state index contributed by atoms with van der Waals surface area (Å²) >= 11 is 0. The number of nitrogens with zero attached hydrogens (tertiary/aromatic N) is 5. The predicted octanol–water partition coefficient (Wildman–Crippen LogP) is 2.27. The minimum Gasteiger partial charge on any atom is -0.382 e. The molecule has 5 rings (SSSR count). The lowest BCUT2D eigenvalue weighted by Crippen LogP contribution is -2.39. The van der Waals surface area contributed by atoms with Crippen LogP contribution in [0.2, 0.25) is 0 Å². The van der Waals surface area contributed by atoms with E-state index in [-0.39, 0.29) is 18.6 Å². The minimum absolute atomic E-state index is 0.0111. The SMILES string of the molecule is COCCOCC(=O)N1CC=C(C2Cc3c(Nc4ccc5c(cnn5C)c4)ncnc3N2)CC1. The van der Waals surface area contributed by atoms with E-state index in [1.807, 2.05) is 28.9 Å². The van der Waals surface area contributed by atoms with Crippen LogP contribution in [-0.4, -0.2) is 76.6 Å². The zero-order valence-electron chi connectivity index (χ0n) is 19.5. The van der Waals surface area contributed by atoms with Crippen molar-refractivity contribution in [3.63, 3.8) is 0 Å². The van der Waals surface area contributed by atoms with Crippen LogP contribution >= 0.6 is 0 Å². The third-order valence-corrected chi connectivity index (χ3v) is 6.38. The largest absolute Gasteiger partial charge is 0.382 e. The minimum atomic E-state index is 0.0111. The standard InChI is InChI=1S/C24H29N7O3/c1-30-21-4-3-18(11-17(21)13-27-30)28-23-19-12-20(29-24(19)26-15-25-23)16-5-7-31(8-6-16)22(32)14-34-10-9-33-2/h3-5,11,13,15,20H,6-10,12,14H2,1-2H3,(H2,25,26,28,29). The molecular formula is C24H29N7O3. The highest BCUT2D eigenvalue weighted by Crippen LogP contribution is 2.34. The molecule has 2 aromatic heterocycles. The molecule has 1 atom stereocenters. The summed E-state index contributed by atoms with van der Waals surface area (Å²) in [5.74, 6) is 1.68. The highest BCUT2D eigenvalue weighted by atomic mass is 16.5. The molecule has 1 aromatic carbocycles. The zero-order chi connectivity index (χ0) is 23.5. The molecule has 2 N–H and O–H groups in total. The molecule has 2 aliphatic rings. The van der Waals surface area contributed by atoms with Crippen LogP contribution in [0.25, 0.3) is 10.9 Å². The van der Waals surface area contributed by atoms with Crippen molar-refractivity contribution in [2.45, 2.75) is 18.9 Å². The smallest absolute Gasteiger partial charge is 0.248 e. The Morgan fingerprint density at radius 2 is 2.21 bits per heavy atom. The molecule has 0 saturated carbocycles. The van der Waals surface area contributed by atoms with Crippen molar-refractivity contribution in [1.82, 2.24) is 24.6 Å². The molecular weight excluding hydrogens is 434 g/mol. The number of hydrogen-bond acceptors (Lipinski definition) is 8. The average Bonchev–Trinajstić information content (AvgIpc) is 3.46. The number of carbonyl (C=O) groups is 1. The fourth-order valence-corrected chi connectivity index (χ4v) is 4.48. The molecule has 3 aromatic rings. The quantitative estimate of drug-likeness (QED) is 0.387. The van der Waals surface area contributed by atoms with Crippen LogP contribution in [0.5, 0.6) is 0 Å². The van der Waals surface area contributed by atoms with Crippen molar-refractivity contribution >= 4 is 34.1 Å². The molecule has 1 unspecified atom stereocenters. The van der Waals surface area contributed by atoms with Crippen molar-refractivity contribution in [1.29, 1.82) is 0 Å². The predicted molar refractivity (Wildman–Crippen MR) is 129 cm³/mol. The highest BCUT2D eigenvalue weighted by molar-refractivity contribution is 5.84. The molecule has 34 heavy (non-hydrogen) atoms. The molecule has 0 bridgehead atoms. The van der Waals surface area contributed by atoms with Gasteiger partial charge in [-0.15, -0.1) is 0 Å². The van der Waals surface area contributed by atoms with Crippen molar-refractivity contribution in [3.05, 3.63) is 47.9 Å². The number of anilines is 3. The fourth-order valence-electron chi connectivity index (χ4n) is 4.48. The van der Waals surface area contributed by atoms with Crippen LogP contribution < -0.4 is 10.6 Å². The van der Waals surface area contributed by atoms with Crippen molar-refractivity contribution < 1.29 is 14.3 Å². The first-order valence-electron chi connectivity index (χ1n) is 11.4. The molecule has 0 saturated heterocycles. The number of benzene rings is 1. The number of rotatable bonds is 8. The molecule has 4 heterocycles. The first-order valence-corrected chi connectivity index (χ1v) is 11.4. The van der Waals surface area contributed by atoms with Gasteiger partial charge in [-0.2, -0.15) is 5.10 Å². The molecule has 0 aliphatic carbocycles. The number of methoxy groups -OCH3 is 1. The molecule has 0 radical (unpaired) electrons. The Labute approximate surface area is 198 Å². The van der Waals surface area contributed by atoms with E-state index in [1.54, 1.807) is 13.4 Å². The van der Waals surface area contributed by atoms with E-state index in [4.69, 9.17) is 9.47 Å². The fraction of sp³-hybridized carbons (Fsp3) is 0.417. The first-order chi connectivity index (χ1) is 16.6. The van der Waals surface area contributed by atoms with Gasteiger partial charge in [-0.3, -0.25) is 9.48 Å². The Morgan fingerprint density at radius 1 is 1.29 bits per heavy atom. The summed E-state index contributed by atoms with van der Waals surface area (Å²) in [5.41, 5.74) is 4.41. The van der Waals surface area contributed by atoms with E-state index in [9.17, 15) is 4.79 Å². The monoisotopic (exact) mass is 463 g/mol. The van der Waals surface area contributed by atoms with Gasteiger partial charge in [-0.25, -0.2) is 9.97 Å². The second-order valence-corrected chi connectivity index (χ2v) is 8.53. The number of ether oxygens (including phenoxy) is 2. The second-order valence-electron chi connectivity index (χ2n) is 8.53. The molecule has 10 nitrogen and oxygen atoms in total. The lowest BCUT2D eigenvalue weighted by atomic mass is 9.97. The molecule has 2 aliphatic heterocycles. The summed E-state index contributed by atoms with van der Waals surface area (Å²) in [6.07, 6.45) is 7.21. The lowest BCUT2D eigenvalue weighted by Gasteiger charge is -2.28. The van der Waals surface area contributed by atoms with E-state index in [2.05, 4.69) is 43.9 Å². The third-order valence-electron chi connectivity index (χ3n) is 6.38. The molecule has 1 amide bonds. The Kier molecular flexibility index (Phi) is 6.41. The van der Waals surface area contributed by atoms with Gasteiger partial charge in [0.05, 0.1) is 31.0 Å². The highest BCUT2D eigenvalue weighted by Gasteiger charge is 2.30. The normalized spacial score (nSPS) is 17.4. The lowest BCUT2D eigenvalue weighted by molar-refractivity contribution is -0.136. The van der Waals surface area contributed by atoms with Crippen molar-refractivity contribution in [3.8, 4) is 0 Å². The molecule has 0 spiro atoms.